The minimum atomic E-state index is -0.152. The Kier molecular flexibility index (Phi) is 7.87. The molecule has 34 heavy (non-hydrogen) atoms. The smallest absolute Gasteiger partial charge is 0.236 e. The molecule has 1 N–H and O–H groups in total. The van der Waals surface area contributed by atoms with Gasteiger partial charge >= 0.3 is 0 Å². The molecule has 0 fully saturated rings. The van der Waals surface area contributed by atoms with E-state index >= 15 is 0 Å². The molecule has 10 heteroatoms. The largest absolute Gasteiger partial charge is 0.486 e. The number of hydrogen-bond acceptors (Lipinski definition) is 7. The number of carbonyl (C=O) groups is 1. The molecule has 0 saturated heterocycles. The summed E-state index contributed by atoms with van der Waals surface area (Å²) >= 11 is 8.66. The van der Waals surface area contributed by atoms with E-state index in [-0.39, 0.29) is 11.7 Å². The molecule has 4 aromatic rings. The number of benzene rings is 2. The Morgan fingerprint density at radius 1 is 1.15 bits per heavy atom. The van der Waals surface area contributed by atoms with Crippen LogP contribution in [0.5, 0.6) is 5.75 Å². The third-order valence-corrected chi connectivity index (χ3v) is 6.87. The van der Waals surface area contributed by atoms with Crippen molar-refractivity contribution in [1.82, 2.24) is 19.7 Å². The summed E-state index contributed by atoms with van der Waals surface area (Å²) in [6.45, 7) is 7.08. The van der Waals surface area contributed by atoms with Gasteiger partial charge < -0.3 is 14.6 Å². The maximum Gasteiger partial charge on any atom is 0.236 e. The number of thioether (sulfide) groups is 1. The molecule has 0 saturated carbocycles. The Hall–Kier alpha value is -2.88. The van der Waals surface area contributed by atoms with Gasteiger partial charge in [0.2, 0.25) is 5.91 Å². The summed E-state index contributed by atoms with van der Waals surface area (Å²) in [6.07, 6.45) is 0. The number of hydrogen-bond donors (Lipinski definition) is 1. The SMILES string of the molecule is CCn1c(COc2cc(C)cc(C)c2)nnc1SCC(=O)Nc1nc(-c2ccc(Cl)cc2)cs1. The number of aromatic nitrogens is 4. The van der Waals surface area contributed by atoms with Crippen LogP contribution in [0.2, 0.25) is 5.02 Å². The van der Waals surface area contributed by atoms with Crippen LogP contribution in [0.1, 0.15) is 23.9 Å². The van der Waals surface area contributed by atoms with Gasteiger partial charge in [0, 0.05) is 22.5 Å². The van der Waals surface area contributed by atoms with Crippen LogP contribution in [0.25, 0.3) is 11.3 Å². The van der Waals surface area contributed by atoms with E-state index in [0.29, 0.717) is 28.5 Å². The monoisotopic (exact) mass is 513 g/mol. The summed E-state index contributed by atoms with van der Waals surface area (Å²) in [7, 11) is 0. The summed E-state index contributed by atoms with van der Waals surface area (Å²) in [6, 6.07) is 13.5. The van der Waals surface area contributed by atoms with E-state index in [0.717, 1.165) is 34.0 Å². The summed E-state index contributed by atoms with van der Waals surface area (Å²) in [5.74, 6) is 1.57. The third-order valence-electron chi connectivity index (χ3n) is 4.90. The van der Waals surface area contributed by atoms with Gasteiger partial charge in [-0.2, -0.15) is 0 Å². The number of ether oxygens (including phenoxy) is 1. The lowest BCUT2D eigenvalue weighted by atomic mass is 10.1. The molecule has 0 aliphatic carbocycles. The fourth-order valence-electron chi connectivity index (χ4n) is 3.38. The molecular weight excluding hydrogens is 490 g/mol. The van der Waals surface area contributed by atoms with Crippen molar-refractivity contribution in [2.24, 2.45) is 0 Å². The van der Waals surface area contributed by atoms with Gasteiger partial charge in [-0.3, -0.25) is 4.79 Å². The first-order chi connectivity index (χ1) is 16.4. The highest BCUT2D eigenvalue weighted by atomic mass is 35.5. The van der Waals surface area contributed by atoms with Crippen LogP contribution in [0.15, 0.2) is 53.0 Å². The predicted molar refractivity (Wildman–Crippen MR) is 138 cm³/mol. The van der Waals surface area contributed by atoms with E-state index in [1.54, 1.807) is 0 Å². The number of anilines is 1. The zero-order valence-electron chi connectivity index (χ0n) is 19.0. The molecule has 2 aromatic heterocycles. The molecule has 176 valence electrons. The molecule has 0 bridgehead atoms. The Bertz CT molecular complexity index is 1270. The number of amides is 1. The molecule has 0 atom stereocenters. The van der Waals surface area contributed by atoms with Gasteiger partial charge in [0.05, 0.1) is 11.4 Å². The molecule has 1 amide bonds. The van der Waals surface area contributed by atoms with E-state index < -0.39 is 0 Å². The van der Waals surface area contributed by atoms with Crippen LogP contribution in [0.3, 0.4) is 0 Å². The maximum atomic E-state index is 12.5. The van der Waals surface area contributed by atoms with E-state index in [1.807, 2.05) is 67.1 Å². The summed E-state index contributed by atoms with van der Waals surface area (Å²) in [5, 5.41) is 15.2. The maximum absolute atomic E-state index is 12.5. The van der Waals surface area contributed by atoms with Gasteiger partial charge in [-0.1, -0.05) is 41.6 Å². The van der Waals surface area contributed by atoms with Crippen molar-refractivity contribution < 1.29 is 9.53 Å². The standard InChI is InChI=1S/C24H24ClN5O2S2/c1-4-30-21(12-32-19-10-15(2)9-16(3)11-19)28-29-24(30)34-14-22(31)27-23-26-20(13-33-23)17-5-7-18(25)8-6-17/h5-11,13H,4,12,14H2,1-3H3,(H,26,27,31). The number of aryl methyl sites for hydroxylation is 2. The first kappa shape index (κ1) is 24.3. The zero-order valence-corrected chi connectivity index (χ0v) is 21.4. The first-order valence-corrected chi connectivity index (χ1v) is 12.9. The molecule has 0 radical (unpaired) electrons. The van der Waals surface area contributed by atoms with Gasteiger partial charge in [0.15, 0.2) is 16.1 Å². The molecule has 0 spiro atoms. The van der Waals surface area contributed by atoms with E-state index in [4.69, 9.17) is 16.3 Å². The Morgan fingerprint density at radius 3 is 2.59 bits per heavy atom. The topological polar surface area (TPSA) is 81.9 Å². The quantitative estimate of drug-likeness (QED) is 0.276. The summed E-state index contributed by atoms with van der Waals surface area (Å²) < 4.78 is 7.89. The molecule has 4 rings (SSSR count). The first-order valence-electron chi connectivity index (χ1n) is 10.7. The number of halogens is 1. The van der Waals surface area contributed by atoms with Crippen LogP contribution in [-0.4, -0.2) is 31.4 Å². The Morgan fingerprint density at radius 2 is 1.88 bits per heavy atom. The van der Waals surface area contributed by atoms with E-state index in [2.05, 4.69) is 26.6 Å². The highest BCUT2D eigenvalue weighted by Crippen LogP contribution is 2.26. The molecule has 7 nitrogen and oxygen atoms in total. The predicted octanol–water partition coefficient (Wildman–Crippen LogP) is 6.00. The number of nitrogens with zero attached hydrogens (tertiary/aromatic N) is 4. The van der Waals surface area contributed by atoms with Crippen molar-refractivity contribution in [2.75, 3.05) is 11.1 Å². The van der Waals surface area contributed by atoms with Crippen LogP contribution >= 0.6 is 34.7 Å². The average Bonchev–Trinajstić information content (AvgIpc) is 3.42. The van der Waals surface area contributed by atoms with Crippen molar-refractivity contribution in [1.29, 1.82) is 0 Å². The Labute approximate surface area is 211 Å². The van der Waals surface area contributed by atoms with Crippen LogP contribution in [-0.2, 0) is 17.9 Å². The molecule has 2 heterocycles. The minimum Gasteiger partial charge on any atom is -0.486 e. The number of carbonyl (C=O) groups excluding carboxylic acids is 1. The second-order valence-corrected chi connectivity index (χ2v) is 9.87. The van der Waals surface area contributed by atoms with E-state index in [9.17, 15) is 4.79 Å². The van der Waals surface area contributed by atoms with E-state index in [1.165, 1.54) is 23.1 Å². The lowest BCUT2D eigenvalue weighted by Gasteiger charge is -2.10. The van der Waals surface area contributed by atoms with Crippen molar-refractivity contribution in [3.05, 3.63) is 69.8 Å². The normalized spacial score (nSPS) is 10.9. The zero-order chi connectivity index (χ0) is 24.1. The molecule has 0 aliphatic rings. The van der Waals surface area contributed by atoms with Crippen molar-refractivity contribution >= 4 is 45.7 Å². The molecule has 2 aromatic carbocycles. The number of nitrogens with one attached hydrogen (secondary N) is 1. The lowest BCUT2D eigenvalue weighted by Crippen LogP contribution is -2.14. The fourth-order valence-corrected chi connectivity index (χ4v) is 5.07. The van der Waals surface area contributed by atoms with Crippen LogP contribution in [0.4, 0.5) is 5.13 Å². The molecule has 0 unspecified atom stereocenters. The average molecular weight is 514 g/mol. The lowest BCUT2D eigenvalue weighted by molar-refractivity contribution is -0.113. The number of rotatable bonds is 9. The van der Waals surface area contributed by atoms with Crippen molar-refractivity contribution in [3.8, 4) is 17.0 Å². The van der Waals surface area contributed by atoms with Crippen LogP contribution < -0.4 is 10.1 Å². The van der Waals surface area contributed by atoms with Gasteiger partial charge in [-0.25, -0.2) is 4.98 Å². The highest BCUT2D eigenvalue weighted by molar-refractivity contribution is 7.99. The highest BCUT2D eigenvalue weighted by Gasteiger charge is 2.15. The fraction of sp³-hybridized carbons (Fsp3) is 0.250. The summed E-state index contributed by atoms with van der Waals surface area (Å²) in [4.78, 5) is 17.0. The third kappa shape index (κ3) is 6.16. The van der Waals surface area contributed by atoms with Gasteiger partial charge in [-0.15, -0.1) is 21.5 Å². The molecule has 0 aliphatic heterocycles. The van der Waals surface area contributed by atoms with Gasteiger partial charge in [0.1, 0.15) is 12.4 Å². The second-order valence-electron chi connectivity index (χ2n) is 7.64. The second kappa shape index (κ2) is 11.0. The van der Waals surface area contributed by atoms with Gasteiger partial charge in [0.25, 0.3) is 0 Å². The number of thiazole rings is 1. The molecular formula is C24H24ClN5O2S2. The Balaban J connectivity index is 1.33. The van der Waals surface area contributed by atoms with Crippen LogP contribution in [0, 0.1) is 13.8 Å². The van der Waals surface area contributed by atoms with Crippen molar-refractivity contribution in [3.63, 3.8) is 0 Å². The van der Waals surface area contributed by atoms with Gasteiger partial charge in [-0.05, 0) is 56.2 Å². The summed E-state index contributed by atoms with van der Waals surface area (Å²) in [5.41, 5.74) is 4.04. The van der Waals surface area contributed by atoms with Crippen molar-refractivity contribution in [2.45, 2.75) is 39.1 Å². The minimum absolute atomic E-state index is 0.152.